The summed E-state index contributed by atoms with van der Waals surface area (Å²) in [4.78, 5) is 14.4. The smallest absolute Gasteiger partial charge is 0.190 e. The Morgan fingerprint density at radius 2 is 2.06 bits per heavy atom. The lowest BCUT2D eigenvalue weighted by Gasteiger charge is -1.96. The van der Waals surface area contributed by atoms with Gasteiger partial charge >= 0.3 is 0 Å². The highest BCUT2D eigenvalue weighted by atomic mass is 79.9. The van der Waals surface area contributed by atoms with E-state index >= 15 is 0 Å². The molecular formula is C11H8BrN3S. The number of hydrogen-bond donors (Lipinski definition) is 0. The normalized spacial score (nSPS) is 11.4. The summed E-state index contributed by atoms with van der Waals surface area (Å²) in [6, 6.07) is 5.91. The maximum Gasteiger partial charge on any atom is 0.190 e. The number of thiazole rings is 1. The molecule has 3 aromatic rings. The van der Waals surface area contributed by atoms with E-state index in [9.17, 15) is 0 Å². The van der Waals surface area contributed by atoms with Crippen LogP contribution >= 0.6 is 27.3 Å². The topological polar surface area (TPSA) is 38.7 Å². The van der Waals surface area contributed by atoms with Gasteiger partial charge in [-0.25, -0.2) is 15.0 Å². The minimum Gasteiger partial charge on any atom is -0.232 e. The number of aromatic nitrogens is 3. The van der Waals surface area contributed by atoms with Crippen LogP contribution in [0.3, 0.4) is 0 Å². The van der Waals surface area contributed by atoms with Gasteiger partial charge in [0.25, 0.3) is 0 Å². The van der Waals surface area contributed by atoms with Gasteiger partial charge in [-0.05, 0) is 24.6 Å². The molecule has 0 radical (unpaired) electrons. The summed E-state index contributed by atoms with van der Waals surface area (Å²) >= 11 is 5.05. The maximum absolute atomic E-state index is 4.56. The minimum absolute atomic E-state index is 0.757. The quantitative estimate of drug-likeness (QED) is 0.688. The predicted molar refractivity (Wildman–Crippen MR) is 69.8 cm³/mol. The van der Waals surface area contributed by atoms with Crippen molar-refractivity contribution in [2.75, 3.05) is 0 Å². The van der Waals surface area contributed by atoms with Gasteiger partial charge in [0.1, 0.15) is 0 Å². The molecule has 2 heterocycles. The van der Waals surface area contributed by atoms with Crippen molar-refractivity contribution in [3.05, 3.63) is 27.7 Å². The van der Waals surface area contributed by atoms with Gasteiger partial charge in [-0.15, -0.1) is 0 Å². The first kappa shape index (κ1) is 10.1. The Morgan fingerprint density at radius 3 is 2.88 bits per heavy atom. The molecule has 0 aliphatic heterocycles. The Kier molecular flexibility index (Phi) is 2.37. The SMILES string of the molecule is CCc1nc2nc3cc(Br)ccc3nc2s1. The van der Waals surface area contributed by atoms with Crippen LogP contribution in [0.1, 0.15) is 11.9 Å². The van der Waals surface area contributed by atoms with Gasteiger partial charge in [0.15, 0.2) is 10.5 Å². The van der Waals surface area contributed by atoms with Crippen LogP contribution in [0.2, 0.25) is 0 Å². The molecule has 3 rings (SSSR count). The maximum atomic E-state index is 4.56. The Balaban J connectivity index is 2.37. The molecule has 0 aliphatic rings. The second-order valence-corrected chi connectivity index (χ2v) is 5.42. The molecule has 0 saturated carbocycles. The van der Waals surface area contributed by atoms with E-state index in [1.165, 1.54) is 0 Å². The number of benzene rings is 1. The van der Waals surface area contributed by atoms with Crippen molar-refractivity contribution in [3.63, 3.8) is 0 Å². The van der Waals surface area contributed by atoms with Gasteiger partial charge in [-0.3, -0.25) is 0 Å². The molecule has 16 heavy (non-hydrogen) atoms. The molecule has 0 unspecified atom stereocenters. The van der Waals surface area contributed by atoms with Gasteiger partial charge < -0.3 is 0 Å². The third-order valence-electron chi connectivity index (χ3n) is 2.32. The zero-order valence-electron chi connectivity index (χ0n) is 8.57. The van der Waals surface area contributed by atoms with Crippen LogP contribution in [0, 0.1) is 0 Å². The van der Waals surface area contributed by atoms with Crippen LogP contribution in [0.4, 0.5) is 0 Å². The van der Waals surface area contributed by atoms with Crippen molar-refractivity contribution in [2.24, 2.45) is 0 Å². The van der Waals surface area contributed by atoms with Crippen LogP contribution in [-0.4, -0.2) is 15.0 Å². The van der Waals surface area contributed by atoms with E-state index in [0.29, 0.717) is 0 Å². The van der Waals surface area contributed by atoms with Crippen molar-refractivity contribution in [2.45, 2.75) is 13.3 Å². The second-order valence-electron chi connectivity index (χ2n) is 3.45. The van der Waals surface area contributed by atoms with Gasteiger partial charge in [-0.1, -0.05) is 34.2 Å². The predicted octanol–water partition coefficient (Wildman–Crippen LogP) is 3.56. The highest BCUT2D eigenvalue weighted by molar-refractivity contribution is 9.10. The molecule has 0 aliphatic carbocycles. The summed E-state index contributed by atoms with van der Waals surface area (Å²) in [5.74, 6) is 0. The molecule has 1 aromatic carbocycles. The summed E-state index contributed by atoms with van der Waals surface area (Å²) in [6.07, 6.45) is 0.933. The van der Waals surface area contributed by atoms with Gasteiger partial charge in [-0.2, -0.15) is 0 Å². The van der Waals surface area contributed by atoms with Crippen molar-refractivity contribution in [1.82, 2.24) is 15.0 Å². The monoisotopic (exact) mass is 293 g/mol. The first-order valence-electron chi connectivity index (χ1n) is 4.99. The van der Waals surface area contributed by atoms with Gasteiger partial charge in [0.05, 0.1) is 16.0 Å². The molecule has 0 fully saturated rings. The van der Waals surface area contributed by atoms with Crippen molar-refractivity contribution in [1.29, 1.82) is 0 Å². The third kappa shape index (κ3) is 1.60. The fourth-order valence-corrected chi connectivity index (χ4v) is 2.72. The summed E-state index contributed by atoms with van der Waals surface area (Å²) < 4.78 is 1.01. The lowest BCUT2D eigenvalue weighted by atomic mass is 10.3. The Labute approximate surface area is 105 Å². The Bertz CT molecular complexity index is 677. The Morgan fingerprint density at radius 1 is 1.19 bits per heavy atom. The summed E-state index contributed by atoms with van der Waals surface area (Å²) in [6.45, 7) is 2.09. The van der Waals surface area contributed by atoms with Gasteiger partial charge in [0.2, 0.25) is 0 Å². The number of hydrogen-bond acceptors (Lipinski definition) is 4. The molecule has 0 bridgehead atoms. The van der Waals surface area contributed by atoms with E-state index < -0.39 is 0 Å². The first-order chi connectivity index (χ1) is 7.76. The molecule has 0 saturated heterocycles. The van der Waals surface area contributed by atoms with Crippen LogP contribution in [0.5, 0.6) is 0 Å². The van der Waals surface area contributed by atoms with Crippen LogP contribution < -0.4 is 0 Å². The molecule has 2 aromatic heterocycles. The van der Waals surface area contributed by atoms with E-state index in [4.69, 9.17) is 0 Å². The minimum atomic E-state index is 0.757. The van der Waals surface area contributed by atoms with Crippen molar-refractivity contribution >= 4 is 48.8 Å². The van der Waals surface area contributed by atoms with Crippen LogP contribution in [0.25, 0.3) is 21.5 Å². The lowest BCUT2D eigenvalue weighted by molar-refractivity contribution is 1.10. The molecule has 0 amide bonds. The van der Waals surface area contributed by atoms with Gasteiger partial charge in [0, 0.05) is 4.47 Å². The van der Waals surface area contributed by atoms with Crippen molar-refractivity contribution in [3.8, 4) is 0 Å². The van der Waals surface area contributed by atoms with E-state index in [2.05, 4.69) is 37.8 Å². The summed E-state index contributed by atoms with van der Waals surface area (Å²) in [7, 11) is 0. The molecule has 0 spiro atoms. The number of aryl methyl sites for hydroxylation is 1. The van der Waals surface area contributed by atoms with Crippen LogP contribution in [0.15, 0.2) is 22.7 Å². The highest BCUT2D eigenvalue weighted by Gasteiger charge is 2.07. The van der Waals surface area contributed by atoms with Crippen molar-refractivity contribution < 1.29 is 0 Å². The van der Waals surface area contributed by atoms with E-state index in [0.717, 1.165) is 37.4 Å². The lowest BCUT2D eigenvalue weighted by Crippen LogP contribution is -1.85. The zero-order chi connectivity index (χ0) is 11.1. The fraction of sp³-hybridized carbons (Fsp3) is 0.182. The average molecular weight is 294 g/mol. The molecule has 0 atom stereocenters. The standard InChI is InChI=1S/C11H8BrN3S/c1-2-9-15-10-11(16-9)14-7-4-3-6(12)5-8(7)13-10/h3-5H,2H2,1H3. The molecular weight excluding hydrogens is 286 g/mol. The number of nitrogens with zero attached hydrogens (tertiary/aromatic N) is 3. The zero-order valence-corrected chi connectivity index (χ0v) is 11.0. The average Bonchev–Trinajstić information content (AvgIpc) is 2.67. The summed E-state index contributed by atoms with van der Waals surface area (Å²) in [5, 5.41) is 1.09. The van der Waals surface area contributed by atoms with E-state index in [-0.39, 0.29) is 0 Å². The number of fused-ring (bicyclic) bond motifs is 2. The van der Waals surface area contributed by atoms with E-state index in [1.807, 2.05) is 18.2 Å². The second kappa shape index (κ2) is 3.75. The largest absolute Gasteiger partial charge is 0.232 e. The number of halogens is 1. The summed E-state index contributed by atoms with van der Waals surface area (Å²) in [5.41, 5.74) is 2.56. The highest BCUT2D eigenvalue weighted by Crippen LogP contribution is 2.23. The van der Waals surface area contributed by atoms with Crippen LogP contribution in [-0.2, 0) is 6.42 Å². The molecule has 5 heteroatoms. The number of rotatable bonds is 1. The Hall–Kier alpha value is -1.07. The molecule has 0 N–H and O–H groups in total. The fourth-order valence-electron chi connectivity index (χ4n) is 1.55. The van der Waals surface area contributed by atoms with E-state index in [1.54, 1.807) is 11.3 Å². The molecule has 3 nitrogen and oxygen atoms in total. The first-order valence-corrected chi connectivity index (χ1v) is 6.60. The molecule has 80 valence electrons. The third-order valence-corrected chi connectivity index (χ3v) is 3.90.